The molecule has 24 heavy (non-hydrogen) atoms. The lowest BCUT2D eigenvalue weighted by Crippen LogP contribution is -2.11. The maximum Gasteiger partial charge on any atom is 0.257 e. The van der Waals surface area contributed by atoms with Crippen molar-refractivity contribution in [3.8, 4) is 0 Å². The number of carbonyl (C=O) groups is 1. The van der Waals surface area contributed by atoms with Crippen molar-refractivity contribution >= 4 is 45.7 Å². The van der Waals surface area contributed by atoms with Gasteiger partial charge in [-0.25, -0.2) is 0 Å². The van der Waals surface area contributed by atoms with E-state index in [9.17, 15) is 4.79 Å². The number of carbonyl (C=O) groups excluding carboxylic acids is 1. The van der Waals surface area contributed by atoms with Gasteiger partial charge in [-0.2, -0.15) is 0 Å². The molecule has 0 aliphatic carbocycles. The molecule has 0 spiro atoms. The molecule has 0 saturated carbocycles. The number of benzene rings is 2. The molecular formula is C17H14ClN3OS2. The van der Waals surface area contributed by atoms with Gasteiger partial charge < -0.3 is 0 Å². The number of anilines is 1. The summed E-state index contributed by atoms with van der Waals surface area (Å²) in [5.41, 5.74) is 3.01. The van der Waals surface area contributed by atoms with E-state index in [1.807, 2.05) is 12.1 Å². The zero-order valence-corrected chi connectivity index (χ0v) is 15.2. The first-order chi connectivity index (χ1) is 11.6. The lowest BCUT2D eigenvalue weighted by molar-refractivity contribution is 0.102. The maximum absolute atomic E-state index is 12.2. The van der Waals surface area contributed by atoms with E-state index < -0.39 is 0 Å². The SMILES string of the molecule is Cc1ccccc1CSc1nnc(NC(=O)c2cccc(Cl)c2)s1. The van der Waals surface area contributed by atoms with Gasteiger partial charge in [-0.3, -0.25) is 10.1 Å². The van der Waals surface area contributed by atoms with E-state index in [2.05, 4.69) is 34.6 Å². The average Bonchev–Trinajstić information content (AvgIpc) is 3.01. The largest absolute Gasteiger partial charge is 0.296 e. The topological polar surface area (TPSA) is 54.9 Å². The van der Waals surface area contributed by atoms with Crippen LogP contribution in [-0.4, -0.2) is 16.1 Å². The molecule has 0 radical (unpaired) electrons. The Morgan fingerprint density at radius 1 is 1.21 bits per heavy atom. The lowest BCUT2D eigenvalue weighted by Gasteiger charge is -2.02. The van der Waals surface area contributed by atoms with E-state index >= 15 is 0 Å². The van der Waals surface area contributed by atoms with Crippen molar-refractivity contribution in [1.82, 2.24) is 10.2 Å². The molecule has 0 unspecified atom stereocenters. The second kappa shape index (κ2) is 7.79. The van der Waals surface area contributed by atoms with Gasteiger partial charge in [0.15, 0.2) is 4.34 Å². The molecule has 1 aromatic heterocycles. The van der Waals surface area contributed by atoms with Crippen LogP contribution in [0.1, 0.15) is 21.5 Å². The van der Waals surface area contributed by atoms with E-state index in [1.54, 1.807) is 36.0 Å². The van der Waals surface area contributed by atoms with Crippen molar-refractivity contribution in [1.29, 1.82) is 0 Å². The molecule has 1 heterocycles. The number of thioether (sulfide) groups is 1. The Kier molecular flexibility index (Phi) is 5.50. The van der Waals surface area contributed by atoms with Crippen LogP contribution in [0, 0.1) is 6.92 Å². The molecule has 1 N–H and O–H groups in total. The Morgan fingerprint density at radius 3 is 2.83 bits per heavy atom. The molecule has 0 bridgehead atoms. The van der Waals surface area contributed by atoms with Crippen molar-refractivity contribution in [2.75, 3.05) is 5.32 Å². The van der Waals surface area contributed by atoms with Crippen LogP contribution in [0.15, 0.2) is 52.9 Å². The van der Waals surface area contributed by atoms with E-state index in [0.29, 0.717) is 15.7 Å². The van der Waals surface area contributed by atoms with Gasteiger partial charge in [-0.15, -0.1) is 10.2 Å². The Bertz CT molecular complexity index is 866. The van der Waals surface area contributed by atoms with Crippen molar-refractivity contribution in [2.45, 2.75) is 17.0 Å². The summed E-state index contributed by atoms with van der Waals surface area (Å²) in [6.45, 7) is 2.09. The van der Waals surface area contributed by atoms with Crippen LogP contribution in [0.4, 0.5) is 5.13 Å². The summed E-state index contributed by atoms with van der Waals surface area (Å²) in [6.07, 6.45) is 0. The number of halogens is 1. The third-order valence-electron chi connectivity index (χ3n) is 3.33. The summed E-state index contributed by atoms with van der Waals surface area (Å²) >= 11 is 8.87. The van der Waals surface area contributed by atoms with Gasteiger partial charge in [-0.05, 0) is 36.2 Å². The summed E-state index contributed by atoms with van der Waals surface area (Å²) in [6, 6.07) is 15.0. The van der Waals surface area contributed by atoms with Crippen LogP contribution in [0.5, 0.6) is 0 Å². The lowest BCUT2D eigenvalue weighted by atomic mass is 10.1. The third kappa shape index (κ3) is 4.35. The first-order valence-electron chi connectivity index (χ1n) is 7.19. The Labute approximate surface area is 153 Å². The summed E-state index contributed by atoms with van der Waals surface area (Å²) in [5.74, 6) is 0.577. The minimum Gasteiger partial charge on any atom is -0.296 e. The fourth-order valence-electron chi connectivity index (χ4n) is 2.03. The van der Waals surface area contributed by atoms with Crippen molar-refractivity contribution in [3.05, 3.63) is 70.2 Å². The standard InChI is InChI=1S/C17H14ClN3OS2/c1-11-5-2-3-6-13(11)10-23-17-21-20-16(24-17)19-15(22)12-7-4-8-14(18)9-12/h2-9H,10H2,1H3,(H,19,20,22). The monoisotopic (exact) mass is 375 g/mol. The molecule has 3 rings (SSSR count). The van der Waals surface area contributed by atoms with E-state index in [0.717, 1.165) is 10.1 Å². The van der Waals surface area contributed by atoms with Gasteiger partial charge in [-0.1, -0.05) is 65.0 Å². The normalized spacial score (nSPS) is 10.6. The summed E-state index contributed by atoms with van der Waals surface area (Å²) < 4.78 is 0.819. The summed E-state index contributed by atoms with van der Waals surface area (Å²) in [7, 11) is 0. The summed E-state index contributed by atoms with van der Waals surface area (Å²) in [4.78, 5) is 12.2. The highest BCUT2D eigenvalue weighted by Gasteiger charge is 2.11. The van der Waals surface area contributed by atoms with Crippen LogP contribution in [0.25, 0.3) is 0 Å². The minimum absolute atomic E-state index is 0.246. The van der Waals surface area contributed by atoms with Crippen LogP contribution in [0.3, 0.4) is 0 Å². The Balaban J connectivity index is 1.61. The van der Waals surface area contributed by atoms with Crippen LogP contribution in [-0.2, 0) is 5.75 Å². The van der Waals surface area contributed by atoms with E-state index in [4.69, 9.17) is 11.6 Å². The first kappa shape index (κ1) is 17.0. The molecule has 2 aromatic carbocycles. The number of hydrogen-bond donors (Lipinski definition) is 1. The van der Waals surface area contributed by atoms with Crippen molar-refractivity contribution in [2.24, 2.45) is 0 Å². The molecule has 0 fully saturated rings. The number of amides is 1. The summed E-state index contributed by atoms with van der Waals surface area (Å²) in [5, 5.41) is 11.9. The molecule has 0 atom stereocenters. The van der Waals surface area contributed by atoms with Crippen LogP contribution >= 0.6 is 34.7 Å². The van der Waals surface area contributed by atoms with E-state index in [1.165, 1.54) is 22.5 Å². The number of rotatable bonds is 5. The predicted molar refractivity (Wildman–Crippen MR) is 100 cm³/mol. The molecule has 7 heteroatoms. The molecule has 0 saturated heterocycles. The van der Waals surface area contributed by atoms with Crippen LogP contribution in [0.2, 0.25) is 5.02 Å². The molecule has 3 aromatic rings. The van der Waals surface area contributed by atoms with Crippen LogP contribution < -0.4 is 5.32 Å². The van der Waals surface area contributed by atoms with Gasteiger partial charge in [0.2, 0.25) is 5.13 Å². The highest BCUT2D eigenvalue weighted by atomic mass is 35.5. The number of aryl methyl sites for hydroxylation is 1. The molecule has 0 aliphatic rings. The molecule has 122 valence electrons. The number of nitrogens with one attached hydrogen (secondary N) is 1. The quantitative estimate of drug-likeness (QED) is 0.501. The fourth-order valence-corrected chi connectivity index (χ4v) is 4.04. The second-order valence-corrected chi connectivity index (χ2v) is 7.69. The van der Waals surface area contributed by atoms with Crippen molar-refractivity contribution in [3.63, 3.8) is 0 Å². The van der Waals surface area contributed by atoms with Gasteiger partial charge in [0, 0.05) is 16.3 Å². The van der Waals surface area contributed by atoms with E-state index in [-0.39, 0.29) is 5.91 Å². The second-order valence-electron chi connectivity index (χ2n) is 5.05. The molecule has 1 amide bonds. The van der Waals surface area contributed by atoms with Crippen molar-refractivity contribution < 1.29 is 4.79 Å². The molecular weight excluding hydrogens is 362 g/mol. The van der Waals surface area contributed by atoms with Gasteiger partial charge in [0.25, 0.3) is 5.91 Å². The zero-order chi connectivity index (χ0) is 16.9. The first-order valence-corrected chi connectivity index (χ1v) is 9.37. The number of aromatic nitrogens is 2. The Morgan fingerprint density at radius 2 is 2.04 bits per heavy atom. The Hall–Kier alpha value is -1.89. The maximum atomic E-state index is 12.2. The third-order valence-corrected chi connectivity index (χ3v) is 5.58. The highest BCUT2D eigenvalue weighted by Crippen LogP contribution is 2.29. The minimum atomic E-state index is -0.246. The highest BCUT2D eigenvalue weighted by molar-refractivity contribution is 8.00. The fraction of sp³-hybridized carbons (Fsp3) is 0.118. The van der Waals surface area contributed by atoms with Gasteiger partial charge >= 0.3 is 0 Å². The number of hydrogen-bond acceptors (Lipinski definition) is 5. The van der Waals surface area contributed by atoms with Gasteiger partial charge in [0.1, 0.15) is 0 Å². The molecule has 0 aliphatic heterocycles. The predicted octanol–water partition coefficient (Wildman–Crippen LogP) is 5.04. The van der Waals surface area contributed by atoms with Gasteiger partial charge in [0.05, 0.1) is 0 Å². The average molecular weight is 376 g/mol. The number of nitrogens with zero attached hydrogens (tertiary/aromatic N) is 2. The molecule has 4 nitrogen and oxygen atoms in total. The zero-order valence-electron chi connectivity index (χ0n) is 12.8. The smallest absolute Gasteiger partial charge is 0.257 e.